The quantitative estimate of drug-likeness (QED) is 0.576. The van der Waals surface area contributed by atoms with E-state index >= 15 is 0 Å². The van der Waals surface area contributed by atoms with E-state index in [1.54, 1.807) is 53.2 Å². The predicted octanol–water partition coefficient (Wildman–Crippen LogP) is 3.47. The molecule has 5 nitrogen and oxygen atoms in total. The fraction of sp³-hybridized carbons (Fsp3) is 0.118. The highest BCUT2D eigenvalue weighted by atomic mass is 32.2. The highest BCUT2D eigenvalue weighted by molar-refractivity contribution is 7.98. The van der Waals surface area contributed by atoms with Crippen LogP contribution < -0.4 is 0 Å². The lowest BCUT2D eigenvalue weighted by atomic mass is 10.2. The van der Waals surface area contributed by atoms with Gasteiger partial charge in [-0.25, -0.2) is 0 Å². The molecule has 0 fully saturated rings. The highest BCUT2D eigenvalue weighted by Gasteiger charge is 2.04. The van der Waals surface area contributed by atoms with Gasteiger partial charge >= 0.3 is 0 Å². The Bertz CT molecular complexity index is 794. The Morgan fingerprint density at radius 1 is 1.13 bits per heavy atom. The Morgan fingerprint density at radius 3 is 2.61 bits per heavy atom. The first-order valence-corrected chi connectivity index (χ1v) is 8.11. The van der Waals surface area contributed by atoms with Crippen molar-refractivity contribution < 1.29 is 5.11 Å². The Hall–Kier alpha value is -2.60. The molecule has 0 aliphatic carbocycles. The molecule has 6 heteroatoms. The summed E-state index contributed by atoms with van der Waals surface area (Å²) in [6, 6.07) is 15.3. The fourth-order valence-electron chi connectivity index (χ4n) is 1.91. The van der Waals surface area contributed by atoms with Gasteiger partial charge < -0.3 is 5.11 Å². The van der Waals surface area contributed by atoms with E-state index in [1.165, 1.54) is 11.1 Å². The van der Waals surface area contributed by atoms with E-state index < -0.39 is 0 Å². The second kappa shape index (κ2) is 7.11. The zero-order valence-corrected chi connectivity index (χ0v) is 13.4. The van der Waals surface area contributed by atoms with Crippen LogP contribution in [-0.4, -0.2) is 26.2 Å². The van der Waals surface area contributed by atoms with E-state index in [4.69, 9.17) is 0 Å². The molecule has 1 heterocycles. The standard InChI is InChI=1S/C17H16N4OS/c1-13-2-4-15(5-3-13)11-23-17-20-18-12-21(17)19-10-14-6-8-16(22)9-7-14/h2-10,12,22H,11H2,1H3/b19-10+. The first kappa shape index (κ1) is 15.3. The number of nitrogens with zero attached hydrogens (tertiary/aromatic N) is 4. The zero-order chi connectivity index (χ0) is 16.1. The van der Waals surface area contributed by atoms with E-state index in [2.05, 4.69) is 46.5 Å². The van der Waals surface area contributed by atoms with Crippen LogP contribution in [0.15, 0.2) is 65.1 Å². The molecule has 0 aliphatic heterocycles. The van der Waals surface area contributed by atoms with Gasteiger partial charge in [-0.2, -0.15) is 9.78 Å². The van der Waals surface area contributed by atoms with Crippen molar-refractivity contribution in [2.24, 2.45) is 5.10 Å². The van der Waals surface area contributed by atoms with Crippen LogP contribution in [0.4, 0.5) is 0 Å². The lowest BCUT2D eigenvalue weighted by Gasteiger charge is -2.02. The monoisotopic (exact) mass is 324 g/mol. The number of phenolic OH excluding ortho intramolecular Hbond substituents is 1. The molecular weight excluding hydrogens is 308 g/mol. The van der Waals surface area contributed by atoms with Crippen LogP contribution in [0, 0.1) is 6.92 Å². The molecule has 3 aromatic rings. The van der Waals surface area contributed by atoms with Crippen LogP contribution in [0.25, 0.3) is 0 Å². The minimum absolute atomic E-state index is 0.237. The van der Waals surface area contributed by atoms with Crippen molar-refractivity contribution in [3.63, 3.8) is 0 Å². The van der Waals surface area contributed by atoms with Gasteiger partial charge in [0.2, 0.25) is 5.16 Å². The molecule has 116 valence electrons. The number of phenols is 1. The first-order chi connectivity index (χ1) is 11.2. The van der Waals surface area contributed by atoms with Crippen molar-refractivity contribution in [3.8, 4) is 5.75 Å². The second-order valence-corrected chi connectivity index (χ2v) is 6.01. The molecule has 0 saturated heterocycles. The summed E-state index contributed by atoms with van der Waals surface area (Å²) in [7, 11) is 0. The van der Waals surface area contributed by atoms with E-state index in [9.17, 15) is 5.11 Å². The molecule has 0 saturated carbocycles. The van der Waals surface area contributed by atoms with Crippen LogP contribution in [0.2, 0.25) is 0 Å². The second-order valence-electron chi connectivity index (χ2n) is 5.07. The summed E-state index contributed by atoms with van der Waals surface area (Å²) in [5.41, 5.74) is 3.38. The summed E-state index contributed by atoms with van der Waals surface area (Å²) >= 11 is 1.59. The van der Waals surface area contributed by atoms with Gasteiger partial charge in [0.15, 0.2) is 0 Å². The van der Waals surface area contributed by atoms with Crippen LogP contribution in [0.1, 0.15) is 16.7 Å². The number of hydrogen-bond donors (Lipinski definition) is 1. The first-order valence-electron chi connectivity index (χ1n) is 7.12. The van der Waals surface area contributed by atoms with Crippen LogP contribution >= 0.6 is 11.8 Å². The maximum Gasteiger partial charge on any atom is 0.212 e. The molecule has 0 bridgehead atoms. The highest BCUT2D eigenvalue weighted by Crippen LogP contribution is 2.20. The maximum absolute atomic E-state index is 9.28. The van der Waals surface area contributed by atoms with E-state index in [-0.39, 0.29) is 5.75 Å². The lowest BCUT2D eigenvalue weighted by Crippen LogP contribution is -1.92. The molecule has 2 aromatic carbocycles. The Balaban J connectivity index is 1.67. The SMILES string of the molecule is Cc1ccc(CSc2nncn2/N=C/c2ccc(O)cc2)cc1. The third-order valence-corrected chi connectivity index (χ3v) is 4.22. The van der Waals surface area contributed by atoms with Gasteiger partial charge in [-0.05, 0) is 42.3 Å². The number of aromatic nitrogens is 3. The molecule has 23 heavy (non-hydrogen) atoms. The average Bonchev–Trinajstić information content (AvgIpc) is 3.01. The zero-order valence-electron chi connectivity index (χ0n) is 12.6. The number of rotatable bonds is 5. The third kappa shape index (κ3) is 4.20. The van der Waals surface area contributed by atoms with Crippen molar-refractivity contribution in [1.29, 1.82) is 0 Å². The molecule has 0 unspecified atom stereocenters. The molecule has 0 aliphatic rings. The summed E-state index contributed by atoms with van der Waals surface area (Å²) in [4.78, 5) is 0. The van der Waals surface area contributed by atoms with Crippen molar-refractivity contribution in [1.82, 2.24) is 14.9 Å². The number of benzene rings is 2. The van der Waals surface area contributed by atoms with E-state index in [0.29, 0.717) is 0 Å². The summed E-state index contributed by atoms with van der Waals surface area (Å²) in [5.74, 6) is 1.05. The normalized spacial score (nSPS) is 11.2. The van der Waals surface area contributed by atoms with Gasteiger partial charge in [0, 0.05) is 5.75 Å². The van der Waals surface area contributed by atoms with Crippen molar-refractivity contribution in [2.45, 2.75) is 17.8 Å². The predicted molar refractivity (Wildman–Crippen MR) is 91.9 cm³/mol. The molecule has 0 amide bonds. The molecule has 0 atom stereocenters. The topological polar surface area (TPSA) is 63.3 Å². The lowest BCUT2D eigenvalue weighted by molar-refractivity contribution is 0.475. The minimum atomic E-state index is 0.237. The summed E-state index contributed by atoms with van der Waals surface area (Å²) in [6.07, 6.45) is 3.28. The van der Waals surface area contributed by atoms with Crippen molar-refractivity contribution in [3.05, 3.63) is 71.5 Å². The smallest absolute Gasteiger partial charge is 0.212 e. The molecule has 3 rings (SSSR count). The van der Waals surface area contributed by atoms with Gasteiger partial charge in [0.05, 0.1) is 6.21 Å². The van der Waals surface area contributed by atoms with Gasteiger partial charge in [0.25, 0.3) is 0 Å². The fourth-order valence-corrected chi connectivity index (χ4v) is 2.73. The Kier molecular flexibility index (Phi) is 4.73. The summed E-state index contributed by atoms with van der Waals surface area (Å²) < 4.78 is 1.64. The molecular formula is C17H16N4OS. The van der Waals surface area contributed by atoms with Gasteiger partial charge in [0.1, 0.15) is 12.1 Å². The van der Waals surface area contributed by atoms with Crippen LogP contribution in [0.5, 0.6) is 5.75 Å². The van der Waals surface area contributed by atoms with Gasteiger partial charge in [-0.1, -0.05) is 41.6 Å². The maximum atomic E-state index is 9.28. The third-order valence-electron chi connectivity index (χ3n) is 3.21. The van der Waals surface area contributed by atoms with Crippen LogP contribution in [-0.2, 0) is 5.75 Å². The largest absolute Gasteiger partial charge is 0.508 e. The summed E-state index contributed by atoms with van der Waals surface area (Å²) in [6.45, 7) is 2.07. The summed E-state index contributed by atoms with van der Waals surface area (Å²) in [5, 5.41) is 22.4. The number of aryl methyl sites for hydroxylation is 1. The molecule has 0 spiro atoms. The van der Waals surface area contributed by atoms with E-state index in [1.807, 2.05) is 0 Å². The Labute approximate surface area is 138 Å². The Morgan fingerprint density at radius 2 is 1.87 bits per heavy atom. The number of aromatic hydroxyl groups is 1. The van der Waals surface area contributed by atoms with Gasteiger partial charge in [-0.3, -0.25) is 0 Å². The average molecular weight is 324 g/mol. The number of thioether (sulfide) groups is 1. The molecule has 0 radical (unpaired) electrons. The van der Waals surface area contributed by atoms with Crippen LogP contribution in [0.3, 0.4) is 0 Å². The van der Waals surface area contributed by atoms with E-state index in [0.717, 1.165) is 16.5 Å². The minimum Gasteiger partial charge on any atom is -0.508 e. The molecule has 1 N–H and O–H groups in total. The van der Waals surface area contributed by atoms with Gasteiger partial charge in [-0.15, -0.1) is 10.2 Å². The number of hydrogen-bond acceptors (Lipinski definition) is 5. The van der Waals surface area contributed by atoms with Crippen molar-refractivity contribution in [2.75, 3.05) is 0 Å². The van der Waals surface area contributed by atoms with Crippen molar-refractivity contribution >= 4 is 18.0 Å². The molecule has 1 aromatic heterocycles.